The van der Waals surface area contributed by atoms with Crippen LogP contribution < -0.4 is 4.74 Å². The van der Waals surface area contributed by atoms with Gasteiger partial charge in [0, 0.05) is 28.9 Å². The summed E-state index contributed by atoms with van der Waals surface area (Å²) in [5.74, 6) is 0.735. The number of thiazole rings is 1. The van der Waals surface area contributed by atoms with Crippen LogP contribution in [0.3, 0.4) is 0 Å². The molecule has 0 bridgehead atoms. The Morgan fingerprint density at radius 2 is 2.04 bits per heavy atom. The number of nitriles is 1. The SMILES string of the molecule is COc1ccc(C)cc1C=C(C#N)c1nc(-c2ccncc2)cs1. The van der Waals surface area contributed by atoms with Crippen LogP contribution >= 0.6 is 11.3 Å². The maximum absolute atomic E-state index is 9.55. The van der Waals surface area contributed by atoms with Gasteiger partial charge in [0.15, 0.2) is 0 Å². The van der Waals surface area contributed by atoms with Gasteiger partial charge in [-0.15, -0.1) is 11.3 Å². The fourth-order valence-corrected chi connectivity index (χ4v) is 3.11. The number of ether oxygens (including phenoxy) is 1. The summed E-state index contributed by atoms with van der Waals surface area (Å²) in [5.41, 5.74) is 4.32. The summed E-state index contributed by atoms with van der Waals surface area (Å²) < 4.78 is 5.38. The maximum Gasteiger partial charge on any atom is 0.134 e. The average molecular weight is 333 g/mol. The first-order valence-electron chi connectivity index (χ1n) is 7.34. The van der Waals surface area contributed by atoms with Gasteiger partial charge in [-0.05, 0) is 37.3 Å². The molecule has 0 radical (unpaired) electrons. The summed E-state index contributed by atoms with van der Waals surface area (Å²) in [6, 6.07) is 11.9. The van der Waals surface area contributed by atoms with E-state index in [2.05, 4.69) is 16.0 Å². The molecule has 5 heteroatoms. The van der Waals surface area contributed by atoms with E-state index in [1.54, 1.807) is 19.5 Å². The van der Waals surface area contributed by atoms with Gasteiger partial charge in [-0.3, -0.25) is 4.98 Å². The molecule has 2 aromatic heterocycles. The zero-order valence-corrected chi connectivity index (χ0v) is 14.2. The van der Waals surface area contributed by atoms with Crippen LogP contribution in [0, 0.1) is 18.3 Å². The first-order chi connectivity index (χ1) is 11.7. The zero-order valence-electron chi connectivity index (χ0n) is 13.4. The molecule has 24 heavy (non-hydrogen) atoms. The van der Waals surface area contributed by atoms with Crippen molar-refractivity contribution in [1.29, 1.82) is 5.26 Å². The van der Waals surface area contributed by atoms with Crippen LogP contribution in [-0.2, 0) is 0 Å². The van der Waals surface area contributed by atoms with E-state index in [0.717, 1.165) is 28.1 Å². The third kappa shape index (κ3) is 3.34. The van der Waals surface area contributed by atoms with E-state index in [-0.39, 0.29) is 0 Å². The fraction of sp³-hybridized carbons (Fsp3) is 0.105. The van der Waals surface area contributed by atoms with Crippen molar-refractivity contribution < 1.29 is 4.74 Å². The van der Waals surface area contributed by atoms with Gasteiger partial charge in [0.2, 0.25) is 0 Å². The number of aromatic nitrogens is 2. The summed E-state index contributed by atoms with van der Waals surface area (Å²) in [7, 11) is 1.62. The minimum atomic E-state index is 0.518. The first-order valence-corrected chi connectivity index (χ1v) is 8.22. The number of rotatable bonds is 4. The Bertz CT molecular complexity index is 923. The Morgan fingerprint density at radius 3 is 2.75 bits per heavy atom. The monoisotopic (exact) mass is 333 g/mol. The van der Waals surface area contributed by atoms with E-state index in [1.165, 1.54) is 11.3 Å². The molecule has 4 nitrogen and oxygen atoms in total. The molecule has 0 aliphatic carbocycles. The smallest absolute Gasteiger partial charge is 0.134 e. The Morgan fingerprint density at radius 1 is 1.25 bits per heavy atom. The topological polar surface area (TPSA) is 58.8 Å². The van der Waals surface area contributed by atoms with Crippen LogP contribution in [0.1, 0.15) is 16.1 Å². The third-order valence-electron chi connectivity index (χ3n) is 3.52. The van der Waals surface area contributed by atoms with Gasteiger partial charge in [-0.2, -0.15) is 5.26 Å². The Hall–Kier alpha value is -2.97. The summed E-state index contributed by atoms with van der Waals surface area (Å²) in [4.78, 5) is 8.60. The number of hydrogen-bond acceptors (Lipinski definition) is 5. The molecule has 2 heterocycles. The number of hydrogen-bond donors (Lipinski definition) is 0. The van der Waals surface area contributed by atoms with Crippen molar-refractivity contribution in [2.45, 2.75) is 6.92 Å². The Labute approximate surface area is 144 Å². The molecule has 0 N–H and O–H groups in total. The van der Waals surface area contributed by atoms with Crippen molar-refractivity contribution in [2.24, 2.45) is 0 Å². The number of aryl methyl sites for hydroxylation is 1. The van der Waals surface area contributed by atoms with Crippen molar-refractivity contribution in [1.82, 2.24) is 9.97 Å². The van der Waals surface area contributed by atoms with Gasteiger partial charge in [-0.25, -0.2) is 4.98 Å². The lowest BCUT2D eigenvalue weighted by molar-refractivity contribution is 0.414. The van der Waals surface area contributed by atoms with Crippen LogP contribution in [0.2, 0.25) is 0 Å². The van der Waals surface area contributed by atoms with E-state index in [9.17, 15) is 5.26 Å². The molecular formula is C19H15N3OS. The second-order valence-electron chi connectivity index (χ2n) is 5.19. The van der Waals surface area contributed by atoms with Crippen molar-refractivity contribution in [3.8, 4) is 23.1 Å². The highest BCUT2D eigenvalue weighted by Gasteiger charge is 2.10. The molecule has 1 aromatic carbocycles. The highest BCUT2D eigenvalue weighted by atomic mass is 32.1. The van der Waals surface area contributed by atoms with Gasteiger partial charge >= 0.3 is 0 Å². The Balaban J connectivity index is 2.00. The van der Waals surface area contributed by atoms with Crippen LogP contribution in [0.4, 0.5) is 0 Å². The lowest BCUT2D eigenvalue weighted by atomic mass is 10.1. The predicted octanol–water partition coefficient (Wildman–Crippen LogP) is 4.59. The summed E-state index contributed by atoms with van der Waals surface area (Å²) >= 11 is 1.45. The number of methoxy groups -OCH3 is 1. The fourth-order valence-electron chi connectivity index (χ4n) is 2.32. The summed E-state index contributed by atoms with van der Waals surface area (Å²) in [6.07, 6.45) is 5.28. The lowest BCUT2D eigenvalue weighted by Gasteiger charge is -2.06. The van der Waals surface area contributed by atoms with E-state index in [0.29, 0.717) is 10.6 Å². The van der Waals surface area contributed by atoms with Gasteiger partial charge < -0.3 is 4.74 Å². The van der Waals surface area contributed by atoms with Crippen molar-refractivity contribution >= 4 is 23.0 Å². The molecule has 0 unspecified atom stereocenters. The number of pyridine rings is 1. The van der Waals surface area contributed by atoms with Crippen LogP contribution in [0.15, 0.2) is 48.1 Å². The molecule has 0 spiro atoms. The first kappa shape index (κ1) is 15.9. The molecule has 0 aliphatic heterocycles. The van der Waals surface area contributed by atoms with E-state index < -0.39 is 0 Å². The highest BCUT2D eigenvalue weighted by Crippen LogP contribution is 2.29. The molecule has 3 rings (SSSR count). The molecule has 0 saturated heterocycles. The van der Waals surface area contributed by atoms with Crippen LogP contribution in [0.25, 0.3) is 22.9 Å². The molecule has 0 aliphatic rings. The molecule has 0 fully saturated rings. The molecular weight excluding hydrogens is 318 g/mol. The number of nitrogens with zero attached hydrogens (tertiary/aromatic N) is 3. The largest absolute Gasteiger partial charge is 0.496 e. The minimum absolute atomic E-state index is 0.518. The normalized spacial score (nSPS) is 11.1. The maximum atomic E-state index is 9.55. The van der Waals surface area contributed by atoms with E-state index >= 15 is 0 Å². The lowest BCUT2D eigenvalue weighted by Crippen LogP contribution is -1.89. The standard InChI is InChI=1S/C19H15N3OS/c1-13-3-4-18(23-2)15(9-13)10-16(11-20)19-22-17(12-24-19)14-5-7-21-8-6-14/h3-10,12H,1-2H3. The highest BCUT2D eigenvalue weighted by molar-refractivity contribution is 7.11. The van der Waals surface area contributed by atoms with Gasteiger partial charge in [-0.1, -0.05) is 11.6 Å². The second-order valence-corrected chi connectivity index (χ2v) is 6.05. The van der Waals surface area contributed by atoms with Crippen molar-refractivity contribution in [2.75, 3.05) is 7.11 Å². The molecule has 0 atom stereocenters. The van der Waals surface area contributed by atoms with Crippen molar-refractivity contribution in [3.63, 3.8) is 0 Å². The minimum Gasteiger partial charge on any atom is -0.496 e. The Kier molecular flexibility index (Phi) is 4.69. The van der Waals surface area contributed by atoms with Gasteiger partial charge in [0.1, 0.15) is 16.8 Å². The van der Waals surface area contributed by atoms with Crippen molar-refractivity contribution in [3.05, 3.63) is 64.2 Å². The van der Waals surface area contributed by atoms with Gasteiger partial charge in [0.05, 0.1) is 18.4 Å². The summed E-state index contributed by atoms with van der Waals surface area (Å²) in [5, 5.41) is 12.2. The number of allylic oxidation sites excluding steroid dienone is 1. The quantitative estimate of drug-likeness (QED) is 0.655. The van der Waals surface area contributed by atoms with Crippen LogP contribution in [0.5, 0.6) is 5.75 Å². The number of benzene rings is 1. The second kappa shape index (κ2) is 7.07. The molecule has 0 saturated carbocycles. The van der Waals surface area contributed by atoms with Gasteiger partial charge in [0.25, 0.3) is 0 Å². The third-order valence-corrected chi connectivity index (χ3v) is 4.39. The molecule has 118 valence electrons. The van der Waals surface area contributed by atoms with E-state index in [4.69, 9.17) is 4.74 Å². The molecule has 0 amide bonds. The van der Waals surface area contributed by atoms with E-state index in [1.807, 2.05) is 48.7 Å². The average Bonchev–Trinajstić information content (AvgIpc) is 3.10. The summed E-state index contributed by atoms with van der Waals surface area (Å²) in [6.45, 7) is 2.01. The zero-order chi connectivity index (χ0) is 16.9. The predicted molar refractivity (Wildman–Crippen MR) is 96.6 cm³/mol. The molecule has 3 aromatic rings. The van der Waals surface area contributed by atoms with Crippen LogP contribution in [-0.4, -0.2) is 17.1 Å².